The molecule has 0 aromatic carbocycles. The number of rotatable bonds is 4. The largest absolute Gasteiger partial charge is 0.351 e. The van der Waals surface area contributed by atoms with Crippen molar-refractivity contribution in [2.45, 2.75) is 82.7 Å². The van der Waals surface area contributed by atoms with Gasteiger partial charge in [-0.15, -0.1) is 0 Å². The molecule has 5 rings (SSSR count). The standard InChI is InChI=1S/C22H30N6O2/c1-27-20-17(19(26-27)21(29)28(30)16-9-3-2-4-10-16)12-11-14-13-23-22(25-18(14)20)24-15-7-5-6-8-15/h13,15-16,30H,2-12H2,1H3,(H,23,24,25). The predicted octanol–water partition coefficient (Wildman–Crippen LogP) is 3.49. The fraction of sp³-hybridized carbons (Fsp3) is 0.636. The van der Waals surface area contributed by atoms with Crippen molar-refractivity contribution in [2.24, 2.45) is 7.05 Å². The van der Waals surface area contributed by atoms with Crippen molar-refractivity contribution < 1.29 is 10.0 Å². The quantitative estimate of drug-likeness (QED) is 0.592. The van der Waals surface area contributed by atoms with Crippen molar-refractivity contribution in [1.82, 2.24) is 24.8 Å². The highest BCUT2D eigenvalue weighted by atomic mass is 16.5. The molecule has 160 valence electrons. The van der Waals surface area contributed by atoms with Crippen molar-refractivity contribution >= 4 is 11.9 Å². The van der Waals surface area contributed by atoms with Gasteiger partial charge in [0.05, 0.1) is 17.4 Å². The maximum atomic E-state index is 13.1. The number of aryl methyl sites for hydroxylation is 2. The maximum Gasteiger partial charge on any atom is 0.298 e. The van der Waals surface area contributed by atoms with E-state index in [9.17, 15) is 10.0 Å². The van der Waals surface area contributed by atoms with Gasteiger partial charge in [-0.05, 0) is 44.1 Å². The zero-order valence-corrected chi connectivity index (χ0v) is 17.6. The van der Waals surface area contributed by atoms with Gasteiger partial charge in [0.25, 0.3) is 5.91 Å². The first-order valence-electron chi connectivity index (χ1n) is 11.3. The number of carbonyl (C=O) groups is 1. The van der Waals surface area contributed by atoms with E-state index in [1.807, 2.05) is 13.2 Å². The molecule has 0 radical (unpaired) electrons. The van der Waals surface area contributed by atoms with Crippen LogP contribution in [0.15, 0.2) is 6.20 Å². The lowest BCUT2D eigenvalue weighted by molar-refractivity contribution is -0.0968. The molecule has 3 aliphatic carbocycles. The molecular weight excluding hydrogens is 380 g/mol. The van der Waals surface area contributed by atoms with Crippen LogP contribution in [0, 0.1) is 0 Å². The summed E-state index contributed by atoms with van der Waals surface area (Å²) in [5.74, 6) is 0.258. The zero-order valence-electron chi connectivity index (χ0n) is 17.6. The fourth-order valence-corrected chi connectivity index (χ4v) is 5.25. The van der Waals surface area contributed by atoms with E-state index in [0.29, 0.717) is 24.1 Å². The number of anilines is 1. The van der Waals surface area contributed by atoms with Gasteiger partial charge in [0.2, 0.25) is 5.95 Å². The van der Waals surface area contributed by atoms with E-state index in [2.05, 4.69) is 15.4 Å². The van der Waals surface area contributed by atoms with Crippen LogP contribution in [0.2, 0.25) is 0 Å². The van der Waals surface area contributed by atoms with Crippen LogP contribution in [-0.4, -0.2) is 48.0 Å². The molecule has 0 bridgehead atoms. The van der Waals surface area contributed by atoms with Crippen molar-refractivity contribution in [3.63, 3.8) is 0 Å². The molecule has 2 fully saturated rings. The number of nitrogens with one attached hydrogen (secondary N) is 1. The Morgan fingerprint density at radius 1 is 1.13 bits per heavy atom. The molecule has 0 spiro atoms. The normalized spacial score (nSPS) is 19.4. The number of hydrogen-bond donors (Lipinski definition) is 2. The van der Waals surface area contributed by atoms with Gasteiger partial charge in [0.1, 0.15) is 0 Å². The van der Waals surface area contributed by atoms with Crippen LogP contribution in [-0.2, 0) is 19.9 Å². The summed E-state index contributed by atoms with van der Waals surface area (Å²) in [4.78, 5) is 22.4. The molecule has 1 amide bonds. The highest BCUT2D eigenvalue weighted by molar-refractivity contribution is 5.95. The molecular formula is C22H30N6O2. The topological polar surface area (TPSA) is 96.2 Å². The number of fused-ring (bicyclic) bond motifs is 3. The van der Waals surface area contributed by atoms with Gasteiger partial charge in [-0.3, -0.25) is 14.7 Å². The Balaban J connectivity index is 1.45. The molecule has 2 aromatic heterocycles. The van der Waals surface area contributed by atoms with E-state index in [0.717, 1.165) is 72.5 Å². The first-order chi connectivity index (χ1) is 14.6. The molecule has 0 aliphatic heterocycles. The second-order valence-corrected chi connectivity index (χ2v) is 8.93. The van der Waals surface area contributed by atoms with E-state index in [1.54, 1.807) is 4.68 Å². The Bertz CT molecular complexity index is 943. The van der Waals surface area contributed by atoms with Crippen LogP contribution in [0.3, 0.4) is 0 Å². The predicted molar refractivity (Wildman–Crippen MR) is 112 cm³/mol. The lowest BCUT2D eigenvalue weighted by Gasteiger charge is -2.28. The lowest BCUT2D eigenvalue weighted by Crippen LogP contribution is -2.39. The van der Waals surface area contributed by atoms with Gasteiger partial charge in [-0.1, -0.05) is 32.1 Å². The first-order valence-corrected chi connectivity index (χ1v) is 11.3. The van der Waals surface area contributed by atoms with E-state index in [4.69, 9.17) is 4.98 Å². The minimum absolute atomic E-state index is 0.107. The van der Waals surface area contributed by atoms with Crippen LogP contribution in [0.25, 0.3) is 11.4 Å². The lowest BCUT2D eigenvalue weighted by atomic mass is 9.92. The van der Waals surface area contributed by atoms with Gasteiger partial charge >= 0.3 is 0 Å². The maximum absolute atomic E-state index is 13.1. The average molecular weight is 411 g/mol. The Morgan fingerprint density at radius 2 is 1.87 bits per heavy atom. The smallest absolute Gasteiger partial charge is 0.298 e. The summed E-state index contributed by atoms with van der Waals surface area (Å²) < 4.78 is 1.74. The fourth-order valence-electron chi connectivity index (χ4n) is 5.25. The summed E-state index contributed by atoms with van der Waals surface area (Å²) in [6.45, 7) is 0. The Kier molecular flexibility index (Phi) is 5.18. The second-order valence-electron chi connectivity index (χ2n) is 8.93. The molecule has 2 N–H and O–H groups in total. The summed E-state index contributed by atoms with van der Waals surface area (Å²) in [5, 5.41) is 19.5. The van der Waals surface area contributed by atoms with Gasteiger partial charge in [0.15, 0.2) is 5.69 Å². The SMILES string of the molecule is Cn1nc(C(=O)N(O)C2CCCCC2)c2c1-c1nc(NC3CCCC3)ncc1CC2. The molecule has 2 heterocycles. The van der Waals surface area contributed by atoms with Gasteiger partial charge in [-0.25, -0.2) is 15.0 Å². The summed E-state index contributed by atoms with van der Waals surface area (Å²) in [6, 6.07) is 0.331. The van der Waals surface area contributed by atoms with Crippen molar-refractivity contribution in [2.75, 3.05) is 5.32 Å². The molecule has 0 saturated heterocycles. The number of nitrogens with zero attached hydrogens (tertiary/aromatic N) is 5. The van der Waals surface area contributed by atoms with E-state index < -0.39 is 0 Å². The zero-order chi connectivity index (χ0) is 20.7. The third kappa shape index (κ3) is 3.47. The number of aromatic nitrogens is 4. The summed E-state index contributed by atoms with van der Waals surface area (Å²) in [6.07, 6.45) is 13.2. The van der Waals surface area contributed by atoms with Crippen LogP contribution in [0.1, 0.15) is 79.4 Å². The highest BCUT2D eigenvalue weighted by Crippen LogP contribution is 2.35. The third-order valence-electron chi connectivity index (χ3n) is 6.90. The third-order valence-corrected chi connectivity index (χ3v) is 6.90. The van der Waals surface area contributed by atoms with Gasteiger partial charge in [-0.2, -0.15) is 5.10 Å². The van der Waals surface area contributed by atoms with E-state index >= 15 is 0 Å². The number of hydroxylamine groups is 2. The molecule has 0 unspecified atom stereocenters. The average Bonchev–Trinajstić information content (AvgIpc) is 3.41. The number of carbonyl (C=O) groups excluding carboxylic acids is 1. The van der Waals surface area contributed by atoms with Gasteiger partial charge in [0, 0.05) is 24.8 Å². The summed E-state index contributed by atoms with van der Waals surface area (Å²) >= 11 is 0. The summed E-state index contributed by atoms with van der Waals surface area (Å²) in [7, 11) is 1.85. The monoisotopic (exact) mass is 410 g/mol. The molecule has 3 aliphatic rings. The van der Waals surface area contributed by atoms with Crippen LogP contribution < -0.4 is 5.32 Å². The number of hydrogen-bond acceptors (Lipinski definition) is 6. The van der Waals surface area contributed by atoms with Crippen molar-refractivity contribution in [3.8, 4) is 11.4 Å². The molecule has 8 nitrogen and oxygen atoms in total. The van der Waals surface area contributed by atoms with Crippen LogP contribution >= 0.6 is 0 Å². The molecule has 2 aromatic rings. The minimum atomic E-state index is -0.388. The first kappa shape index (κ1) is 19.5. The Labute approximate surface area is 176 Å². The Morgan fingerprint density at radius 3 is 2.63 bits per heavy atom. The van der Waals surface area contributed by atoms with Crippen LogP contribution in [0.5, 0.6) is 0 Å². The van der Waals surface area contributed by atoms with Crippen molar-refractivity contribution in [3.05, 3.63) is 23.0 Å². The second kappa shape index (κ2) is 7.98. The van der Waals surface area contributed by atoms with Crippen molar-refractivity contribution in [1.29, 1.82) is 0 Å². The molecule has 0 atom stereocenters. The molecule has 30 heavy (non-hydrogen) atoms. The number of amides is 1. The molecule has 2 saturated carbocycles. The molecule has 8 heteroatoms. The highest BCUT2D eigenvalue weighted by Gasteiger charge is 2.33. The van der Waals surface area contributed by atoms with E-state index in [-0.39, 0.29) is 11.9 Å². The Hall–Kier alpha value is -2.48. The minimum Gasteiger partial charge on any atom is -0.351 e. The van der Waals surface area contributed by atoms with Crippen LogP contribution in [0.4, 0.5) is 5.95 Å². The summed E-state index contributed by atoms with van der Waals surface area (Å²) in [5.41, 5.74) is 4.04. The van der Waals surface area contributed by atoms with Gasteiger partial charge < -0.3 is 5.32 Å². The van der Waals surface area contributed by atoms with E-state index in [1.165, 1.54) is 19.3 Å².